The van der Waals surface area contributed by atoms with E-state index in [0.717, 1.165) is 0 Å². The smallest absolute Gasteiger partial charge is 0.410 e. The normalized spacial score (nSPS) is 17.1. The first kappa shape index (κ1) is 20.7. The summed E-state index contributed by atoms with van der Waals surface area (Å²) in [4.78, 5) is 26.6. The number of tetrazole rings is 1. The van der Waals surface area contributed by atoms with Crippen LogP contribution >= 0.6 is 0 Å². The molecule has 1 N–H and O–H groups in total. The summed E-state index contributed by atoms with van der Waals surface area (Å²) >= 11 is 0. The number of hydrogen-bond donors (Lipinski definition) is 1. The molecule has 1 saturated heterocycles. The van der Waals surface area contributed by atoms with Gasteiger partial charge in [-0.2, -0.15) is 4.68 Å². The van der Waals surface area contributed by atoms with Crippen LogP contribution in [-0.4, -0.2) is 55.8 Å². The van der Waals surface area contributed by atoms with Gasteiger partial charge in [0.25, 0.3) is 0 Å². The third kappa shape index (κ3) is 5.07. The van der Waals surface area contributed by atoms with Gasteiger partial charge in [-0.05, 0) is 69.2 Å². The lowest BCUT2D eigenvalue weighted by Gasteiger charge is -2.33. The zero-order valence-electron chi connectivity index (χ0n) is 17.0. The van der Waals surface area contributed by atoms with E-state index in [1.54, 1.807) is 27.7 Å². The van der Waals surface area contributed by atoms with E-state index >= 15 is 0 Å². The van der Waals surface area contributed by atoms with Gasteiger partial charge in [0, 0.05) is 13.1 Å². The van der Waals surface area contributed by atoms with Crippen LogP contribution in [0.3, 0.4) is 0 Å². The van der Waals surface area contributed by atoms with E-state index in [1.807, 2.05) is 0 Å². The fourth-order valence-electron chi connectivity index (χ4n) is 3.13. The summed E-state index contributed by atoms with van der Waals surface area (Å²) in [5.41, 5.74) is -0.0375. The van der Waals surface area contributed by atoms with Crippen molar-refractivity contribution in [1.29, 1.82) is 0 Å². The van der Waals surface area contributed by atoms with Crippen molar-refractivity contribution in [3.63, 3.8) is 0 Å². The number of likely N-dealkylation sites (tertiary alicyclic amines) is 1. The lowest BCUT2D eigenvalue weighted by molar-refractivity contribution is -0.121. The topological polar surface area (TPSA) is 102 Å². The van der Waals surface area contributed by atoms with E-state index < -0.39 is 23.4 Å². The van der Waals surface area contributed by atoms with Crippen molar-refractivity contribution in [2.45, 2.75) is 46.1 Å². The third-order valence-electron chi connectivity index (χ3n) is 4.52. The van der Waals surface area contributed by atoms with Crippen molar-refractivity contribution in [3.05, 3.63) is 29.8 Å². The average Bonchev–Trinajstić information content (AvgIpc) is 3.08. The zero-order valence-corrected chi connectivity index (χ0v) is 17.0. The van der Waals surface area contributed by atoms with Crippen LogP contribution < -0.4 is 5.32 Å². The second kappa shape index (κ2) is 8.14. The fourth-order valence-corrected chi connectivity index (χ4v) is 3.13. The molecular weight excluding hydrogens is 379 g/mol. The Bertz CT molecular complexity index is 908. The highest BCUT2D eigenvalue weighted by Gasteiger charge is 2.31. The number of piperidine rings is 1. The average molecular weight is 404 g/mol. The standard InChI is InChI=1S/C19H25FN6O3/c1-12-22-23-24-26(12)14-7-8-15(20)16(10-14)21-17(27)13-6-5-9-25(11-13)18(28)29-19(2,3)4/h7-8,10,13H,5-6,9,11H2,1-4H3,(H,21,27). The Hall–Kier alpha value is -3.04. The molecule has 1 aromatic carbocycles. The fraction of sp³-hybridized carbons (Fsp3) is 0.526. The van der Waals surface area contributed by atoms with Gasteiger partial charge in [0.1, 0.15) is 11.4 Å². The number of hydrogen-bond acceptors (Lipinski definition) is 6. The minimum absolute atomic E-state index is 0.0387. The first-order valence-electron chi connectivity index (χ1n) is 9.48. The quantitative estimate of drug-likeness (QED) is 0.844. The van der Waals surface area contributed by atoms with Crippen LogP contribution in [0.1, 0.15) is 39.4 Å². The van der Waals surface area contributed by atoms with Crippen LogP contribution in [0.4, 0.5) is 14.9 Å². The predicted octanol–water partition coefficient (Wildman–Crippen LogP) is 2.70. The Kier molecular flexibility index (Phi) is 5.81. The molecule has 0 radical (unpaired) electrons. The highest BCUT2D eigenvalue weighted by atomic mass is 19.1. The molecular formula is C19H25FN6O3. The Balaban J connectivity index is 1.70. The van der Waals surface area contributed by atoms with Crippen LogP contribution in [0.25, 0.3) is 5.69 Å². The van der Waals surface area contributed by atoms with E-state index in [0.29, 0.717) is 30.9 Å². The number of anilines is 1. The molecule has 1 fully saturated rings. The van der Waals surface area contributed by atoms with Gasteiger partial charge in [-0.15, -0.1) is 5.10 Å². The van der Waals surface area contributed by atoms with Crippen LogP contribution in [0.2, 0.25) is 0 Å². The van der Waals surface area contributed by atoms with Crippen LogP contribution in [-0.2, 0) is 9.53 Å². The number of rotatable bonds is 3. The van der Waals surface area contributed by atoms with Gasteiger partial charge in [0.15, 0.2) is 5.82 Å². The molecule has 3 rings (SSSR count). The van der Waals surface area contributed by atoms with Crippen molar-refractivity contribution in [2.75, 3.05) is 18.4 Å². The van der Waals surface area contributed by atoms with Gasteiger partial charge in [0.05, 0.1) is 17.3 Å². The molecule has 0 bridgehead atoms. The summed E-state index contributed by atoms with van der Waals surface area (Å²) in [7, 11) is 0. The van der Waals surface area contributed by atoms with Crippen molar-refractivity contribution < 1.29 is 18.7 Å². The molecule has 10 heteroatoms. The van der Waals surface area contributed by atoms with Crippen LogP contribution in [0, 0.1) is 18.7 Å². The molecule has 2 amide bonds. The largest absolute Gasteiger partial charge is 0.444 e. The number of carbonyl (C=O) groups excluding carboxylic acids is 2. The lowest BCUT2D eigenvalue weighted by atomic mass is 9.97. The molecule has 2 heterocycles. The Labute approximate surface area is 168 Å². The molecule has 29 heavy (non-hydrogen) atoms. The van der Waals surface area contributed by atoms with E-state index in [4.69, 9.17) is 4.74 Å². The van der Waals surface area contributed by atoms with Gasteiger partial charge in [-0.1, -0.05) is 0 Å². The van der Waals surface area contributed by atoms with Crippen LogP contribution in [0.15, 0.2) is 18.2 Å². The summed E-state index contributed by atoms with van der Waals surface area (Å²) in [5.74, 6) is -0.821. The molecule has 0 spiro atoms. The van der Waals surface area contributed by atoms with Crippen molar-refractivity contribution in [1.82, 2.24) is 25.1 Å². The third-order valence-corrected chi connectivity index (χ3v) is 4.52. The second-order valence-corrected chi connectivity index (χ2v) is 8.06. The molecule has 1 atom stereocenters. The number of halogens is 1. The molecule has 1 aromatic heterocycles. The number of nitrogens with zero attached hydrogens (tertiary/aromatic N) is 5. The molecule has 9 nitrogen and oxygen atoms in total. The molecule has 1 unspecified atom stereocenters. The van der Waals surface area contributed by atoms with Crippen molar-refractivity contribution >= 4 is 17.7 Å². The number of aromatic nitrogens is 4. The maximum absolute atomic E-state index is 14.3. The highest BCUT2D eigenvalue weighted by Crippen LogP contribution is 2.23. The molecule has 1 aliphatic rings. The Morgan fingerprint density at radius 3 is 2.72 bits per heavy atom. The lowest BCUT2D eigenvalue weighted by Crippen LogP contribution is -2.45. The first-order chi connectivity index (χ1) is 13.6. The first-order valence-corrected chi connectivity index (χ1v) is 9.48. The SMILES string of the molecule is Cc1nnnn1-c1ccc(F)c(NC(=O)C2CCCN(C(=O)OC(C)(C)C)C2)c1. The predicted molar refractivity (Wildman–Crippen MR) is 103 cm³/mol. The molecule has 2 aromatic rings. The number of aryl methyl sites for hydroxylation is 1. The minimum atomic E-state index is -0.607. The van der Waals surface area contributed by atoms with E-state index in [2.05, 4.69) is 20.8 Å². The monoisotopic (exact) mass is 404 g/mol. The van der Waals surface area contributed by atoms with E-state index in [-0.39, 0.29) is 18.1 Å². The number of benzene rings is 1. The van der Waals surface area contributed by atoms with Gasteiger partial charge in [-0.3, -0.25) is 4.79 Å². The maximum Gasteiger partial charge on any atom is 0.410 e. The van der Waals surface area contributed by atoms with Gasteiger partial charge in [0.2, 0.25) is 5.91 Å². The Morgan fingerprint density at radius 1 is 1.31 bits per heavy atom. The van der Waals surface area contributed by atoms with Gasteiger partial charge in [-0.25, -0.2) is 9.18 Å². The molecule has 0 aliphatic carbocycles. The molecule has 156 valence electrons. The number of ether oxygens (including phenoxy) is 1. The van der Waals surface area contributed by atoms with Gasteiger partial charge < -0.3 is 15.0 Å². The van der Waals surface area contributed by atoms with Gasteiger partial charge >= 0.3 is 6.09 Å². The Morgan fingerprint density at radius 2 is 2.07 bits per heavy atom. The minimum Gasteiger partial charge on any atom is -0.444 e. The summed E-state index contributed by atoms with van der Waals surface area (Å²) < 4.78 is 21.1. The second-order valence-electron chi connectivity index (χ2n) is 8.06. The van der Waals surface area contributed by atoms with Crippen LogP contribution in [0.5, 0.6) is 0 Å². The summed E-state index contributed by atoms with van der Waals surface area (Å²) in [6.45, 7) is 7.85. The molecule has 1 aliphatic heterocycles. The summed E-state index contributed by atoms with van der Waals surface area (Å²) in [6, 6.07) is 4.25. The number of nitrogens with one attached hydrogen (secondary N) is 1. The van der Waals surface area contributed by atoms with Crippen molar-refractivity contribution in [3.8, 4) is 5.69 Å². The molecule has 0 saturated carbocycles. The van der Waals surface area contributed by atoms with E-state index in [9.17, 15) is 14.0 Å². The zero-order chi connectivity index (χ0) is 21.2. The summed E-state index contributed by atoms with van der Waals surface area (Å²) in [5, 5.41) is 13.8. The number of amides is 2. The summed E-state index contributed by atoms with van der Waals surface area (Å²) in [6.07, 6.45) is 0.833. The van der Waals surface area contributed by atoms with Crippen molar-refractivity contribution in [2.24, 2.45) is 5.92 Å². The van der Waals surface area contributed by atoms with E-state index in [1.165, 1.54) is 27.8 Å². The number of carbonyl (C=O) groups is 2. The maximum atomic E-state index is 14.3. The highest BCUT2D eigenvalue weighted by molar-refractivity contribution is 5.93.